The van der Waals surface area contributed by atoms with Crippen LogP contribution in [0.5, 0.6) is 11.5 Å². The molecule has 3 aromatic rings. The number of benzene rings is 2. The quantitative estimate of drug-likeness (QED) is 0.543. The van der Waals surface area contributed by atoms with E-state index in [2.05, 4.69) is 9.97 Å². The molecule has 1 aliphatic heterocycles. The molecule has 1 N–H and O–H groups in total. The Labute approximate surface area is 153 Å². The average molecular weight is 366 g/mol. The zero-order chi connectivity index (χ0) is 17.9. The minimum absolute atomic E-state index is 0.209. The molecule has 0 fully saturated rings. The minimum atomic E-state index is -0.932. The predicted octanol–water partition coefficient (Wildman–Crippen LogP) is 3.79. The van der Waals surface area contributed by atoms with Gasteiger partial charge in [0.1, 0.15) is 5.25 Å². The molecule has 4 rings (SSSR count). The van der Waals surface area contributed by atoms with Gasteiger partial charge in [0.15, 0.2) is 16.7 Å². The highest BCUT2D eigenvalue weighted by molar-refractivity contribution is 8.00. The standard InChI is InChI=1S/C19H14N2O4S/c22-18(23)17(12-4-2-1-3-5-12)26-19-20-9-8-14(21-19)13-6-7-15-16(10-13)25-11-24-15/h1-10,17H,11H2,(H,22,23)/t17-/m1/s1. The van der Waals surface area contributed by atoms with Crippen molar-refractivity contribution in [1.29, 1.82) is 0 Å². The molecule has 1 aromatic heterocycles. The number of carbonyl (C=O) groups is 1. The summed E-state index contributed by atoms with van der Waals surface area (Å²) in [5.41, 5.74) is 2.24. The lowest BCUT2D eigenvalue weighted by Crippen LogP contribution is -2.08. The number of thioether (sulfide) groups is 1. The second-order valence-electron chi connectivity index (χ2n) is 5.54. The van der Waals surface area contributed by atoms with Crippen LogP contribution in [0.25, 0.3) is 11.3 Å². The van der Waals surface area contributed by atoms with E-state index in [0.717, 1.165) is 17.3 Å². The van der Waals surface area contributed by atoms with E-state index in [1.807, 2.05) is 36.4 Å². The molecular weight excluding hydrogens is 352 g/mol. The smallest absolute Gasteiger partial charge is 0.321 e. The Morgan fingerprint density at radius 3 is 2.69 bits per heavy atom. The highest BCUT2D eigenvalue weighted by atomic mass is 32.2. The third-order valence-corrected chi connectivity index (χ3v) is 4.97. The number of rotatable bonds is 5. The summed E-state index contributed by atoms with van der Waals surface area (Å²) in [4.78, 5) is 20.4. The van der Waals surface area contributed by atoms with Gasteiger partial charge in [0.25, 0.3) is 0 Å². The molecule has 26 heavy (non-hydrogen) atoms. The van der Waals surface area contributed by atoms with Crippen molar-refractivity contribution in [3.63, 3.8) is 0 Å². The molecule has 2 aromatic carbocycles. The van der Waals surface area contributed by atoms with Crippen molar-refractivity contribution in [3.05, 3.63) is 66.4 Å². The molecule has 6 nitrogen and oxygen atoms in total. The molecule has 0 saturated carbocycles. The van der Waals surface area contributed by atoms with E-state index in [-0.39, 0.29) is 6.79 Å². The molecule has 0 radical (unpaired) electrons. The Balaban J connectivity index is 1.62. The van der Waals surface area contributed by atoms with Crippen molar-refractivity contribution in [2.24, 2.45) is 0 Å². The first-order valence-corrected chi connectivity index (χ1v) is 8.76. The van der Waals surface area contributed by atoms with Gasteiger partial charge in [-0.3, -0.25) is 4.79 Å². The van der Waals surface area contributed by atoms with Gasteiger partial charge >= 0.3 is 5.97 Å². The normalized spacial score (nSPS) is 13.4. The fourth-order valence-electron chi connectivity index (χ4n) is 2.61. The van der Waals surface area contributed by atoms with Crippen LogP contribution in [-0.2, 0) is 4.79 Å². The molecule has 0 saturated heterocycles. The summed E-state index contributed by atoms with van der Waals surface area (Å²) in [5.74, 6) is 0.439. The Bertz CT molecular complexity index is 949. The summed E-state index contributed by atoms with van der Waals surface area (Å²) in [7, 11) is 0. The van der Waals surface area contributed by atoms with Crippen molar-refractivity contribution in [2.75, 3.05) is 6.79 Å². The first kappa shape index (κ1) is 16.4. The Morgan fingerprint density at radius 2 is 1.88 bits per heavy atom. The van der Waals surface area contributed by atoms with E-state index >= 15 is 0 Å². The predicted molar refractivity (Wildman–Crippen MR) is 96.3 cm³/mol. The number of nitrogens with zero attached hydrogens (tertiary/aromatic N) is 2. The van der Waals surface area contributed by atoms with Crippen LogP contribution in [0.15, 0.2) is 66.0 Å². The lowest BCUT2D eigenvalue weighted by atomic mass is 10.1. The number of aromatic nitrogens is 2. The summed E-state index contributed by atoms with van der Waals surface area (Å²) < 4.78 is 10.7. The topological polar surface area (TPSA) is 81.5 Å². The molecule has 0 unspecified atom stereocenters. The van der Waals surface area contributed by atoms with Gasteiger partial charge in [-0.1, -0.05) is 42.1 Å². The van der Waals surface area contributed by atoms with Crippen LogP contribution in [0.4, 0.5) is 0 Å². The first-order valence-electron chi connectivity index (χ1n) is 7.88. The molecule has 1 aliphatic rings. The maximum Gasteiger partial charge on any atom is 0.321 e. The van der Waals surface area contributed by atoms with Crippen molar-refractivity contribution in [1.82, 2.24) is 9.97 Å². The van der Waals surface area contributed by atoms with Crippen LogP contribution < -0.4 is 9.47 Å². The molecule has 2 heterocycles. The van der Waals surface area contributed by atoms with E-state index in [1.54, 1.807) is 24.4 Å². The maximum absolute atomic E-state index is 11.7. The van der Waals surface area contributed by atoms with Crippen molar-refractivity contribution >= 4 is 17.7 Å². The SMILES string of the molecule is O=C(O)[C@H](Sc1nccc(-c2ccc3c(c2)OCO3)n1)c1ccccc1. The lowest BCUT2D eigenvalue weighted by molar-refractivity contribution is -0.136. The molecule has 7 heteroatoms. The number of aliphatic carboxylic acids is 1. The summed E-state index contributed by atoms with van der Waals surface area (Å²) in [6, 6.07) is 16.4. The highest BCUT2D eigenvalue weighted by Gasteiger charge is 2.23. The summed E-state index contributed by atoms with van der Waals surface area (Å²) >= 11 is 1.11. The van der Waals surface area contributed by atoms with Gasteiger partial charge in [0.05, 0.1) is 5.69 Å². The van der Waals surface area contributed by atoms with E-state index in [9.17, 15) is 9.90 Å². The minimum Gasteiger partial charge on any atom is -0.480 e. The van der Waals surface area contributed by atoms with Crippen LogP contribution in [0.1, 0.15) is 10.8 Å². The second kappa shape index (κ2) is 7.05. The van der Waals surface area contributed by atoms with Crippen LogP contribution in [0, 0.1) is 0 Å². The molecule has 1 atom stereocenters. The second-order valence-corrected chi connectivity index (χ2v) is 6.61. The Morgan fingerprint density at radius 1 is 1.08 bits per heavy atom. The number of carboxylic acids is 1. The van der Waals surface area contributed by atoms with Gasteiger partial charge in [0.2, 0.25) is 6.79 Å². The summed E-state index contributed by atoms with van der Waals surface area (Å²) in [6.45, 7) is 0.209. The van der Waals surface area contributed by atoms with Gasteiger partial charge in [0, 0.05) is 11.8 Å². The summed E-state index contributed by atoms with van der Waals surface area (Å²) in [5, 5.41) is 9.20. The van der Waals surface area contributed by atoms with Gasteiger partial charge in [-0.2, -0.15) is 0 Å². The number of fused-ring (bicyclic) bond motifs is 1. The molecular formula is C19H14N2O4S. The van der Waals surface area contributed by atoms with Gasteiger partial charge < -0.3 is 14.6 Å². The third-order valence-electron chi connectivity index (χ3n) is 3.85. The highest BCUT2D eigenvalue weighted by Crippen LogP contribution is 2.37. The molecule has 0 spiro atoms. The molecule has 0 aliphatic carbocycles. The third kappa shape index (κ3) is 3.34. The molecule has 0 amide bonds. The Kier molecular flexibility index (Phi) is 4.45. The van der Waals surface area contributed by atoms with E-state index < -0.39 is 11.2 Å². The van der Waals surface area contributed by atoms with Gasteiger partial charge in [-0.25, -0.2) is 9.97 Å². The monoisotopic (exact) mass is 366 g/mol. The van der Waals surface area contributed by atoms with E-state index in [0.29, 0.717) is 27.9 Å². The van der Waals surface area contributed by atoms with Crippen LogP contribution in [-0.4, -0.2) is 27.8 Å². The zero-order valence-corrected chi connectivity index (χ0v) is 14.3. The number of hydrogen-bond donors (Lipinski definition) is 1. The Hall–Kier alpha value is -3.06. The van der Waals surface area contributed by atoms with Crippen LogP contribution in [0.3, 0.4) is 0 Å². The number of ether oxygens (including phenoxy) is 2. The number of hydrogen-bond acceptors (Lipinski definition) is 6. The first-order chi connectivity index (χ1) is 12.7. The van der Waals surface area contributed by atoms with E-state index in [4.69, 9.17) is 9.47 Å². The fraction of sp³-hybridized carbons (Fsp3) is 0.105. The molecule has 0 bridgehead atoms. The number of carboxylic acid groups (broad SMARTS) is 1. The van der Waals surface area contributed by atoms with Crippen molar-refractivity contribution < 1.29 is 19.4 Å². The molecule has 130 valence electrons. The van der Waals surface area contributed by atoms with Crippen LogP contribution >= 0.6 is 11.8 Å². The largest absolute Gasteiger partial charge is 0.480 e. The van der Waals surface area contributed by atoms with Crippen molar-refractivity contribution in [2.45, 2.75) is 10.4 Å². The maximum atomic E-state index is 11.7. The van der Waals surface area contributed by atoms with Crippen molar-refractivity contribution in [3.8, 4) is 22.8 Å². The van der Waals surface area contributed by atoms with Crippen LogP contribution in [0.2, 0.25) is 0 Å². The lowest BCUT2D eigenvalue weighted by Gasteiger charge is -2.12. The fourth-order valence-corrected chi connectivity index (χ4v) is 3.49. The zero-order valence-electron chi connectivity index (χ0n) is 13.5. The van der Waals surface area contributed by atoms with E-state index in [1.165, 1.54) is 0 Å². The summed E-state index contributed by atoms with van der Waals surface area (Å²) in [6.07, 6.45) is 1.62. The average Bonchev–Trinajstić information content (AvgIpc) is 3.14. The van der Waals surface area contributed by atoms with Gasteiger partial charge in [-0.15, -0.1) is 0 Å². The van der Waals surface area contributed by atoms with Gasteiger partial charge in [-0.05, 0) is 29.8 Å².